The van der Waals surface area contributed by atoms with E-state index in [1.165, 1.54) is 0 Å². The van der Waals surface area contributed by atoms with Gasteiger partial charge in [-0.25, -0.2) is 0 Å². The van der Waals surface area contributed by atoms with Crippen molar-refractivity contribution in [3.05, 3.63) is 71.3 Å². The number of hydrogen-bond acceptors (Lipinski definition) is 4. The van der Waals surface area contributed by atoms with Gasteiger partial charge in [0.1, 0.15) is 0 Å². The van der Waals surface area contributed by atoms with Crippen molar-refractivity contribution in [2.45, 2.75) is 45.4 Å². The van der Waals surface area contributed by atoms with E-state index >= 15 is 0 Å². The van der Waals surface area contributed by atoms with E-state index in [0.29, 0.717) is 5.56 Å². The number of hydrogen-bond donors (Lipinski definition) is 1. The molecule has 0 fully saturated rings. The number of imide groups is 1. The third-order valence-electron chi connectivity index (χ3n) is 4.61. The third-order valence-corrected chi connectivity index (χ3v) is 4.61. The average Bonchev–Trinajstić information content (AvgIpc) is 2.66. The molecule has 0 saturated carbocycles. The van der Waals surface area contributed by atoms with E-state index in [-0.39, 0.29) is 5.41 Å². The fraction of sp³-hybridized carbons (Fsp3) is 0.348. The molecule has 0 aromatic heterocycles. The average molecular weight is 381 g/mol. The first-order chi connectivity index (χ1) is 13.0. The van der Waals surface area contributed by atoms with Crippen LogP contribution in [0.5, 0.6) is 0 Å². The SMILES string of the molecule is CC(C)(C)c1ccc(C(=O)NC(=O)COC(=O)C(C)(C)c2ccccc2)cc1. The lowest BCUT2D eigenvalue weighted by Gasteiger charge is -2.22. The molecule has 0 radical (unpaired) electrons. The zero-order valence-corrected chi connectivity index (χ0v) is 17.0. The van der Waals surface area contributed by atoms with Gasteiger partial charge in [-0.1, -0.05) is 63.2 Å². The van der Waals surface area contributed by atoms with Crippen LogP contribution in [0.25, 0.3) is 0 Å². The van der Waals surface area contributed by atoms with Crippen LogP contribution >= 0.6 is 0 Å². The molecular formula is C23H27NO4. The fourth-order valence-electron chi connectivity index (χ4n) is 2.64. The smallest absolute Gasteiger partial charge is 0.316 e. The molecule has 2 amide bonds. The lowest BCUT2D eigenvalue weighted by atomic mass is 9.85. The lowest BCUT2D eigenvalue weighted by molar-refractivity contribution is -0.153. The highest BCUT2D eigenvalue weighted by atomic mass is 16.5. The van der Waals surface area contributed by atoms with Crippen molar-refractivity contribution in [3.63, 3.8) is 0 Å². The summed E-state index contributed by atoms with van der Waals surface area (Å²) in [6.45, 7) is 9.18. The number of nitrogens with one attached hydrogen (secondary N) is 1. The molecule has 0 aliphatic carbocycles. The summed E-state index contributed by atoms with van der Waals surface area (Å²) < 4.78 is 5.12. The quantitative estimate of drug-likeness (QED) is 0.801. The van der Waals surface area contributed by atoms with Crippen LogP contribution in [0, 0.1) is 0 Å². The molecule has 1 N–H and O–H groups in total. The van der Waals surface area contributed by atoms with Crippen LogP contribution in [-0.4, -0.2) is 24.4 Å². The Morgan fingerprint density at radius 2 is 1.39 bits per heavy atom. The molecule has 2 aromatic rings. The van der Waals surface area contributed by atoms with E-state index in [0.717, 1.165) is 11.1 Å². The van der Waals surface area contributed by atoms with Gasteiger partial charge in [0.05, 0.1) is 5.41 Å². The minimum absolute atomic E-state index is 0.0232. The van der Waals surface area contributed by atoms with Gasteiger partial charge >= 0.3 is 5.97 Å². The third kappa shape index (κ3) is 5.28. The van der Waals surface area contributed by atoms with Gasteiger partial charge < -0.3 is 4.74 Å². The second-order valence-corrected chi connectivity index (χ2v) is 8.27. The second kappa shape index (κ2) is 8.38. The maximum Gasteiger partial charge on any atom is 0.316 e. The van der Waals surface area contributed by atoms with Crippen molar-refractivity contribution in [2.75, 3.05) is 6.61 Å². The Labute approximate surface area is 166 Å². The highest BCUT2D eigenvalue weighted by molar-refractivity contribution is 6.05. The Morgan fingerprint density at radius 1 is 0.821 bits per heavy atom. The number of carbonyl (C=O) groups excluding carboxylic acids is 3. The van der Waals surface area contributed by atoms with Crippen LogP contribution < -0.4 is 5.32 Å². The van der Waals surface area contributed by atoms with Crippen molar-refractivity contribution in [2.24, 2.45) is 0 Å². The minimum atomic E-state index is -0.895. The normalized spacial score (nSPS) is 11.6. The first kappa shape index (κ1) is 21.4. The number of ether oxygens (including phenoxy) is 1. The van der Waals surface area contributed by atoms with Gasteiger partial charge in [-0.2, -0.15) is 0 Å². The summed E-state index contributed by atoms with van der Waals surface area (Å²) in [5.74, 6) is -1.72. The molecule has 5 heteroatoms. The summed E-state index contributed by atoms with van der Waals surface area (Å²) in [5.41, 5.74) is 1.33. The van der Waals surface area contributed by atoms with E-state index in [1.54, 1.807) is 26.0 Å². The van der Waals surface area contributed by atoms with E-state index in [2.05, 4.69) is 26.1 Å². The highest BCUT2D eigenvalue weighted by Gasteiger charge is 2.31. The molecule has 5 nitrogen and oxygen atoms in total. The molecule has 0 spiro atoms. The van der Waals surface area contributed by atoms with Crippen molar-refractivity contribution in [3.8, 4) is 0 Å². The van der Waals surface area contributed by atoms with Gasteiger partial charge in [-0.3, -0.25) is 19.7 Å². The molecule has 2 aromatic carbocycles. The Hall–Kier alpha value is -2.95. The van der Waals surface area contributed by atoms with Gasteiger partial charge in [0.25, 0.3) is 11.8 Å². The zero-order chi connectivity index (χ0) is 20.9. The van der Waals surface area contributed by atoms with Crippen LogP contribution in [0.15, 0.2) is 54.6 Å². The van der Waals surface area contributed by atoms with E-state index < -0.39 is 29.8 Å². The van der Waals surface area contributed by atoms with Gasteiger partial charge in [0.15, 0.2) is 6.61 Å². The summed E-state index contributed by atoms with van der Waals surface area (Å²) >= 11 is 0. The van der Waals surface area contributed by atoms with E-state index in [9.17, 15) is 14.4 Å². The zero-order valence-electron chi connectivity index (χ0n) is 17.0. The fourth-order valence-corrected chi connectivity index (χ4v) is 2.64. The van der Waals surface area contributed by atoms with Gasteiger partial charge in [-0.15, -0.1) is 0 Å². The molecule has 0 saturated heterocycles. The molecule has 28 heavy (non-hydrogen) atoms. The van der Waals surface area contributed by atoms with E-state index in [1.807, 2.05) is 42.5 Å². The number of carbonyl (C=O) groups is 3. The van der Waals surface area contributed by atoms with Crippen molar-refractivity contribution < 1.29 is 19.1 Å². The van der Waals surface area contributed by atoms with Crippen LogP contribution in [-0.2, 0) is 25.2 Å². The summed E-state index contributed by atoms with van der Waals surface area (Å²) in [4.78, 5) is 36.6. The highest BCUT2D eigenvalue weighted by Crippen LogP contribution is 2.24. The van der Waals surface area contributed by atoms with Crippen molar-refractivity contribution in [1.82, 2.24) is 5.32 Å². The molecule has 2 rings (SSSR count). The Bertz CT molecular complexity index is 846. The van der Waals surface area contributed by atoms with Crippen LogP contribution in [0.2, 0.25) is 0 Å². The first-order valence-corrected chi connectivity index (χ1v) is 9.19. The Balaban J connectivity index is 1.91. The molecule has 0 heterocycles. The Morgan fingerprint density at radius 3 is 1.93 bits per heavy atom. The number of esters is 1. The first-order valence-electron chi connectivity index (χ1n) is 9.19. The molecule has 0 unspecified atom stereocenters. The predicted octanol–water partition coefficient (Wildman–Crippen LogP) is 3.76. The summed E-state index contributed by atoms with van der Waals surface area (Å²) in [5, 5.41) is 2.25. The predicted molar refractivity (Wildman–Crippen MR) is 108 cm³/mol. The largest absolute Gasteiger partial charge is 0.455 e. The standard InChI is InChI=1S/C23H27NO4/c1-22(2,3)17-13-11-16(12-14-17)20(26)24-19(25)15-28-21(27)23(4,5)18-9-7-6-8-10-18/h6-14H,15H2,1-5H3,(H,24,25,26). The van der Waals surface area contributed by atoms with E-state index in [4.69, 9.17) is 4.74 Å². The number of amides is 2. The van der Waals surface area contributed by atoms with Gasteiger partial charge in [0.2, 0.25) is 0 Å². The topological polar surface area (TPSA) is 72.5 Å². The molecule has 0 atom stereocenters. The molecule has 0 aliphatic heterocycles. The van der Waals surface area contributed by atoms with Crippen LogP contribution in [0.4, 0.5) is 0 Å². The van der Waals surface area contributed by atoms with Crippen molar-refractivity contribution in [1.29, 1.82) is 0 Å². The minimum Gasteiger partial charge on any atom is -0.455 e. The second-order valence-electron chi connectivity index (χ2n) is 8.27. The summed E-state index contributed by atoms with van der Waals surface area (Å²) in [7, 11) is 0. The number of benzene rings is 2. The molecule has 0 bridgehead atoms. The molecule has 0 aliphatic rings. The lowest BCUT2D eigenvalue weighted by Crippen LogP contribution is -2.37. The van der Waals surface area contributed by atoms with Gasteiger partial charge in [-0.05, 0) is 42.5 Å². The molecular weight excluding hydrogens is 354 g/mol. The monoisotopic (exact) mass is 381 g/mol. The van der Waals surface area contributed by atoms with Gasteiger partial charge in [0, 0.05) is 5.56 Å². The maximum atomic E-state index is 12.4. The maximum absolute atomic E-state index is 12.4. The van der Waals surface area contributed by atoms with Crippen LogP contribution in [0.3, 0.4) is 0 Å². The Kier molecular flexibility index (Phi) is 6.39. The van der Waals surface area contributed by atoms with Crippen LogP contribution in [0.1, 0.15) is 56.1 Å². The molecule has 148 valence electrons. The van der Waals surface area contributed by atoms with Crippen molar-refractivity contribution >= 4 is 17.8 Å². The summed E-state index contributed by atoms with van der Waals surface area (Å²) in [6.07, 6.45) is 0. The number of rotatable bonds is 5. The summed E-state index contributed by atoms with van der Waals surface area (Å²) in [6, 6.07) is 16.3.